The van der Waals surface area contributed by atoms with Crippen LogP contribution in [0, 0.1) is 11.8 Å². The predicted octanol–water partition coefficient (Wildman–Crippen LogP) is 3.01. The van der Waals surface area contributed by atoms with Gasteiger partial charge < -0.3 is 20.3 Å². The normalized spacial score (nSPS) is 20.8. The van der Waals surface area contributed by atoms with Gasteiger partial charge >= 0.3 is 0 Å². The largest absolute Gasteiger partial charge is 0.381 e. The van der Waals surface area contributed by atoms with Gasteiger partial charge in [0.25, 0.3) is 0 Å². The van der Waals surface area contributed by atoms with Crippen LogP contribution in [0.4, 0.5) is 0 Å². The Morgan fingerprint density at radius 1 is 1.26 bits per heavy atom. The first-order chi connectivity index (χ1) is 12.6. The van der Waals surface area contributed by atoms with E-state index in [1.165, 1.54) is 12.8 Å². The smallest absolute Gasteiger partial charge is 0.225 e. The van der Waals surface area contributed by atoms with Gasteiger partial charge in [-0.15, -0.1) is 24.0 Å². The highest BCUT2D eigenvalue weighted by Gasteiger charge is 2.32. The second kappa shape index (κ2) is 13.6. The molecule has 1 saturated carbocycles. The zero-order chi connectivity index (χ0) is 18.8. The van der Waals surface area contributed by atoms with Gasteiger partial charge in [0.2, 0.25) is 5.91 Å². The van der Waals surface area contributed by atoms with Crippen LogP contribution < -0.4 is 10.6 Å². The van der Waals surface area contributed by atoms with E-state index in [2.05, 4.69) is 41.3 Å². The summed E-state index contributed by atoms with van der Waals surface area (Å²) in [6.07, 6.45) is 6.52. The van der Waals surface area contributed by atoms with Gasteiger partial charge in [-0.1, -0.05) is 26.7 Å². The van der Waals surface area contributed by atoms with E-state index in [1.807, 2.05) is 0 Å². The fourth-order valence-electron chi connectivity index (χ4n) is 3.70. The van der Waals surface area contributed by atoms with Crippen LogP contribution in [0.3, 0.4) is 0 Å². The molecule has 1 atom stereocenters. The van der Waals surface area contributed by atoms with E-state index >= 15 is 0 Å². The number of carbonyl (C=O) groups is 1. The highest BCUT2D eigenvalue weighted by Crippen LogP contribution is 2.27. The number of amides is 1. The fraction of sp³-hybridized carbons (Fsp3) is 0.900. The molecule has 1 aliphatic carbocycles. The first-order valence-electron chi connectivity index (χ1n) is 10.5. The molecule has 0 aromatic rings. The lowest BCUT2D eigenvalue weighted by Crippen LogP contribution is -2.45. The number of carbonyl (C=O) groups excluding carboxylic acids is 1. The second-order valence-electron chi connectivity index (χ2n) is 7.98. The van der Waals surface area contributed by atoms with Crippen molar-refractivity contribution in [2.75, 3.05) is 39.4 Å². The molecular formula is C20H39IN4O2. The predicted molar refractivity (Wildman–Crippen MR) is 122 cm³/mol. The van der Waals surface area contributed by atoms with Crippen molar-refractivity contribution in [3.05, 3.63) is 0 Å². The molecule has 0 spiro atoms. The summed E-state index contributed by atoms with van der Waals surface area (Å²) in [5, 5.41) is 6.82. The summed E-state index contributed by atoms with van der Waals surface area (Å²) < 4.78 is 5.61. The number of aliphatic imine (C=N–C) groups is 1. The highest BCUT2D eigenvalue weighted by atomic mass is 127. The summed E-state index contributed by atoms with van der Waals surface area (Å²) in [6.45, 7) is 11.2. The van der Waals surface area contributed by atoms with E-state index in [0.717, 1.165) is 71.0 Å². The summed E-state index contributed by atoms with van der Waals surface area (Å²) in [4.78, 5) is 19.3. The van der Waals surface area contributed by atoms with E-state index < -0.39 is 0 Å². The lowest BCUT2D eigenvalue weighted by molar-refractivity contribution is -0.134. The number of rotatable bonds is 9. The van der Waals surface area contributed by atoms with Gasteiger partial charge in [0, 0.05) is 51.4 Å². The Balaban J connectivity index is 0.00000364. The number of hydrogen-bond acceptors (Lipinski definition) is 3. The van der Waals surface area contributed by atoms with Crippen molar-refractivity contribution < 1.29 is 9.53 Å². The molecule has 158 valence electrons. The number of nitrogens with one attached hydrogen (secondary N) is 2. The third-order valence-electron chi connectivity index (χ3n) is 5.06. The van der Waals surface area contributed by atoms with Crippen molar-refractivity contribution in [1.82, 2.24) is 15.5 Å². The van der Waals surface area contributed by atoms with Crippen LogP contribution in [0.1, 0.15) is 59.3 Å². The maximum Gasteiger partial charge on any atom is 0.225 e. The molecule has 7 heteroatoms. The molecule has 1 saturated heterocycles. The number of guanidine groups is 1. The van der Waals surface area contributed by atoms with Gasteiger partial charge in [0.1, 0.15) is 0 Å². The molecule has 1 aliphatic heterocycles. The summed E-state index contributed by atoms with van der Waals surface area (Å²) in [5.74, 6) is 2.09. The minimum atomic E-state index is 0. The van der Waals surface area contributed by atoms with E-state index in [9.17, 15) is 4.79 Å². The Labute approximate surface area is 182 Å². The fourth-order valence-corrected chi connectivity index (χ4v) is 3.70. The number of likely N-dealkylation sites (tertiary alicyclic amines) is 1. The molecule has 1 unspecified atom stereocenters. The van der Waals surface area contributed by atoms with Crippen molar-refractivity contribution in [1.29, 1.82) is 0 Å². The molecule has 0 bridgehead atoms. The summed E-state index contributed by atoms with van der Waals surface area (Å²) in [5.41, 5.74) is 0. The Morgan fingerprint density at radius 3 is 2.67 bits per heavy atom. The first-order valence-corrected chi connectivity index (χ1v) is 10.5. The summed E-state index contributed by atoms with van der Waals surface area (Å²) >= 11 is 0. The van der Waals surface area contributed by atoms with Gasteiger partial charge in [-0.3, -0.25) is 9.79 Å². The number of halogens is 1. The summed E-state index contributed by atoms with van der Waals surface area (Å²) in [7, 11) is 0. The number of ether oxygens (including phenoxy) is 1. The SMILES string of the molecule is CCNC(=NCCCOCC(C)C)NC1CCN(C(=O)C2CCCC2)C1.I. The van der Waals surface area contributed by atoms with Crippen molar-refractivity contribution in [2.24, 2.45) is 16.8 Å². The van der Waals surface area contributed by atoms with Crippen LogP contribution in [-0.2, 0) is 9.53 Å². The van der Waals surface area contributed by atoms with Gasteiger partial charge in [-0.05, 0) is 38.5 Å². The zero-order valence-corrected chi connectivity index (χ0v) is 19.7. The topological polar surface area (TPSA) is 66.0 Å². The monoisotopic (exact) mass is 494 g/mol. The minimum absolute atomic E-state index is 0. The third kappa shape index (κ3) is 8.98. The first kappa shape index (κ1) is 24.5. The quantitative estimate of drug-likeness (QED) is 0.224. The Morgan fingerprint density at radius 2 is 2.00 bits per heavy atom. The van der Waals surface area contributed by atoms with E-state index in [0.29, 0.717) is 17.9 Å². The molecule has 0 aromatic carbocycles. The van der Waals surface area contributed by atoms with E-state index in [-0.39, 0.29) is 29.9 Å². The van der Waals surface area contributed by atoms with Gasteiger partial charge in [0.05, 0.1) is 0 Å². The average Bonchev–Trinajstić information content (AvgIpc) is 3.29. The molecule has 2 rings (SSSR count). The molecular weight excluding hydrogens is 455 g/mol. The summed E-state index contributed by atoms with van der Waals surface area (Å²) in [6, 6.07) is 0.301. The number of nitrogens with zero attached hydrogens (tertiary/aromatic N) is 2. The molecule has 1 heterocycles. The van der Waals surface area contributed by atoms with E-state index in [1.54, 1.807) is 0 Å². The molecule has 6 nitrogen and oxygen atoms in total. The van der Waals surface area contributed by atoms with Crippen molar-refractivity contribution >= 4 is 35.8 Å². The Hall–Kier alpha value is -0.570. The molecule has 0 radical (unpaired) electrons. The molecule has 0 aromatic heterocycles. The lowest BCUT2D eigenvalue weighted by Gasteiger charge is -2.21. The average molecular weight is 494 g/mol. The zero-order valence-electron chi connectivity index (χ0n) is 17.3. The third-order valence-corrected chi connectivity index (χ3v) is 5.06. The van der Waals surface area contributed by atoms with E-state index in [4.69, 9.17) is 4.74 Å². The molecule has 2 aliphatic rings. The van der Waals surface area contributed by atoms with Crippen LogP contribution in [0.25, 0.3) is 0 Å². The van der Waals surface area contributed by atoms with Crippen molar-refractivity contribution in [3.63, 3.8) is 0 Å². The minimum Gasteiger partial charge on any atom is -0.381 e. The van der Waals surface area contributed by atoms with Crippen LogP contribution in [0.2, 0.25) is 0 Å². The molecule has 2 fully saturated rings. The molecule has 27 heavy (non-hydrogen) atoms. The molecule has 2 N–H and O–H groups in total. The van der Waals surface area contributed by atoms with Crippen LogP contribution in [-0.4, -0.2) is 62.2 Å². The Bertz CT molecular complexity index is 453. The van der Waals surface area contributed by atoms with Crippen molar-refractivity contribution in [2.45, 2.75) is 65.3 Å². The van der Waals surface area contributed by atoms with Crippen LogP contribution in [0.15, 0.2) is 4.99 Å². The van der Waals surface area contributed by atoms with Crippen LogP contribution in [0.5, 0.6) is 0 Å². The van der Waals surface area contributed by atoms with Gasteiger partial charge in [-0.25, -0.2) is 0 Å². The Kier molecular flexibility index (Phi) is 12.3. The standard InChI is InChI=1S/C20H38N4O2.HI/c1-4-21-20(22-11-7-13-26-15-16(2)3)23-18-10-12-24(14-18)19(25)17-8-5-6-9-17;/h16-18H,4-15H2,1-3H3,(H2,21,22,23);1H. The van der Waals surface area contributed by atoms with Gasteiger partial charge in [-0.2, -0.15) is 0 Å². The van der Waals surface area contributed by atoms with Crippen molar-refractivity contribution in [3.8, 4) is 0 Å². The lowest BCUT2D eigenvalue weighted by atomic mass is 10.1. The maximum atomic E-state index is 12.6. The van der Waals surface area contributed by atoms with Crippen LogP contribution >= 0.6 is 24.0 Å². The second-order valence-corrected chi connectivity index (χ2v) is 7.98. The maximum absolute atomic E-state index is 12.6. The van der Waals surface area contributed by atoms with Gasteiger partial charge in [0.15, 0.2) is 5.96 Å². The molecule has 1 amide bonds. The number of hydrogen-bond donors (Lipinski definition) is 2. The highest BCUT2D eigenvalue weighted by molar-refractivity contribution is 14.0.